The van der Waals surface area contributed by atoms with E-state index in [1.807, 2.05) is 30.3 Å². The zero-order valence-corrected chi connectivity index (χ0v) is 8.23. The van der Waals surface area contributed by atoms with Crippen LogP contribution in [0.3, 0.4) is 0 Å². The maximum atomic E-state index is 13.4. The number of halogens is 1. The van der Waals surface area contributed by atoms with Gasteiger partial charge in [-0.2, -0.15) is 0 Å². The van der Waals surface area contributed by atoms with E-state index in [-0.39, 0.29) is 5.82 Å². The summed E-state index contributed by atoms with van der Waals surface area (Å²) in [7, 11) is 0. The van der Waals surface area contributed by atoms with Crippen LogP contribution >= 0.6 is 0 Å². The quantitative estimate of drug-likeness (QED) is 0.794. The molecule has 0 aliphatic rings. The van der Waals surface area contributed by atoms with Crippen molar-refractivity contribution in [3.05, 3.63) is 71.5 Å². The maximum Gasteiger partial charge on any atom is 0.128 e. The van der Waals surface area contributed by atoms with Gasteiger partial charge in [0.15, 0.2) is 0 Å². The molecular weight excluding hydrogens is 189 g/mol. The molecule has 0 radical (unpaired) electrons. The molecule has 0 amide bonds. The van der Waals surface area contributed by atoms with Crippen molar-refractivity contribution >= 4 is 0 Å². The minimum absolute atomic E-state index is 0.256. The van der Waals surface area contributed by atoms with Gasteiger partial charge >= 0.3 is 0 Å². The van der Waals surface area contributed by atoms with Gasteiger partial charge in [0.1, 0.15) is 5.82 Å². The molecule has 0 saturated carbocycles. The fourth-order valence-corrected chi connectivity index (χ4v) is 1.57. The highest BCUT2D eigenvalue weighted by Crippen LogP contribution is 2.21. The highest BCUT2D eigenvalue weighted by Gasteiger charge is 2.11. The lowest BCUT2D eigenvalue weighted by Crippen LogP contribution is -2.13. The lowest BCUT2D eigenvalue weighted by molar-refractivity contribution is 0.599. The first-order chi connectivity index (χ1) is 7.29. The van der Waals surface area contributed by atoms with Crippen molar-refractivity contribution in [3.8, 4) is 0 Å². The van der Waals surface area contributed by atoms with E-state index in [0.29, 0.717) is 5.56 Å². The van der Waals surface area contributed by atoms with Gasteiger partial charge in [0.05, 0.1) is 6.04 Å². The Morgan fingerprint density at radius 2 is 1.47 bits per heavy atom. The summed E-state index contributed by atoms with van der Waals surface area (Å²) < 4.78 is 13.4. The maximum absolute atomic E-state index is 13.4. The van der Waals surface area contributed by atoms with E-state index in [0.717, 1.165) is 5.56 Å². The lowest BCUT2D eigenvalue weighted by atomic mass is 9.99. The Morgan fingerprint density at radius 1 is 0.867 bits per heavy atom. The molecule has 0 spiro atoms. The summed E-state index contributed by atoms with van der Waals surface area (Å²) in [4.78, 5) is 0. The Balaban J connectivity index is 2.37. The summed E-state index contributed by atoms with van der Waals surface area (Å²) in [5.41, 5.74) is 7.43. The van der Waals surface area contributed by atoms with E-state index in [2.05, 4.69) is 0 Å². The molecule has 76 valence electrons. The molecule has 1 nitrogen and oxygen atoms in total. The molecule has 0 fully saturated rings. The highest BCUT2D eigenvalue weighted by molar-refractivity contribution is 5.31. The largest absolute Gasteiger partial charge is 0.320 e. The fraction of sp³-hybridized carbons (Fsp3) is 0.0769. The van der Waals surface area contributed by atoms with Crippen LogP contribution in [0.5, 0.6) is 0 Å². The monoisotopic (exact) mass is 201 g/mol. The van der Waals surface area contributed by atoms with Gasteiger partial charge in [-0.05, 0) is 11.6 Å². The number of hydrogen-bond donors (Lipinski definition) is 1. The predicted octanol–water partition coefficient (Wildman–Crippen LogP) is 2.87. The standard InChI is InChI=1S/C13H12FN/c14-12-9-5-4-8-11(12)13(15)10-6-2-1-3-7-10/h1-9,13H,15H2/t13-/m0/s1. The van der Waals surface area contributed by atoms with Crippen molar-refractivity contribution in [1.29, 1.82) is 0 Å². The molecule has 0 unspecified atom stereocenters. The van der Waals surface area contributed by atoms with Crippen LogP contribution in [0.15, 0.2) is 54.6 Å². The molecule has 2 aromatic rings. The van der Waals surface area contributed by atoms with Gasteiger partial charge in [-0.1, -0.05) is 48.5 Å². The number of nitrogens with two attached hydrogens (primary N) is 1. The Morgan fingerprint density at radius 3 is 2.13 bits per heavy atom. The second-order valence-corrected chi connectivity index (χ2v) is 3.41. The molecule has 2 N–H and O–H groups in total. The van der Waals surface area contributed by atoms with Gasteiger partial charge < -0.3 is 5.73 Å². The Bertz CT molecular complexity index is 439. The molecule has 2 aromatic carbocycles. The smallest absolute Gasteiger partial charge is 0.128 e. The SMILES string of the molecule is N[C@@H](c1ccccc1)c1ccccc1F. The van der Waals surface area contributed by atoms with Gasteiger partial charge in [-0.25, -0.2) is 4.39 Å². The van der Waals surface area contributed by atoms with Crippen LogP contribution in [0, 0.1) is 5.82 Å². The summed E-state index contributed by atoms with van der Waals surface area (Å²) in [6.45, 7) is 0. The van der Waals surface area contributed by atoms with Gasteiger partial charge in [0, 0.05) is 5.56 Å². The van der Waals surface area contributed by atoms with E-state index >= 15 is 0 Å². The summed E-state index contributed by atoms with van der Waals surface area (Å²) in [6.07, 6.45) is 0. The zero-order chi connectivity index (χ0) is 10.7. The average molecular weight is 201 g/mol. The van der Waals surface area contributed by atoms with Crippen molar-refractivity contribution in [3.63, 3.8) is 0 Å². The first-order valence-electron chi connectivity index (χ1n) is 4.84. The van der Waals surface area contributed by atoms with Crippen molar-refractivity contribution in [2.45, 2.75) is 6.04 Å². The van der Waals surface area contributed by atoms with E-state index in [9.17, 15) is 4.39 Å². The van der Waals surface area contributed by atoms with Crippen LogP contribution in [0.1, 0.15) is 17.2 Å². The molecule has 0 aromatic heterocycles. The Hall–Kier alpha value is -1.67. The van der Waals surface area contributed by atoms with E-state index < -0.39 is 6.04 Å². The number of hydrogen-bond acceptors (Lipinski definition) is 1. The fourth-order valence-electron chi connectivity index (χ4n) is 1.57. The second kappa shape index (κ2) is 4.24. The van der Waals surface area contributed by atoms with E-state index in [1.54, 1.807) is 18.2 Å². The minimum atomic E-state index is -0.396. The minimum Gasteiger partial charge on any atom is -0.320 e. The van der Waals surface area contributed by atoms with E-state index in [1.165, 1.54) is 6.07 Å². The van der Waals surface area contributed by atoms with Gasteiger partial charge in [-0.15, -0.1) is 0 Å². The van der Waals surface area contributed by atoms with Crippen molar-refractivity contribution < 1.29 is 4.39 Å². The van der Waals surface area contributed by atoms with Crippen LogP contribution in [0.2, 0.25) is 0 Å². The molecule has 2 heteroatoms. The van der Waals surface area contributed by atoms with Crippen LogP contribution < -0.4 is 5.73 Å². The van der Waals surface area contributed by atoms with Crippen LogP contribution in [-0.4, -0.2) is 0 Å². The molecule has 2 rings (SSSR count). The van der Waals surface area contributed by atoms with E-state index in [4.69, 9.17) is 5.73 Å². The molecular formula is C13H12FN. The summed E-state index contributed by atoms with van der Waals surface area (Å²) in [5.74, 6) is -0.256. The molecule has 0 bridgehead atoms. The molecule has 0 heterocycles. The summed E-state index contributed by atoms with van der Waals surface area (Å²) >= 11 is 0. The van der Waals surface area contributed by atoms with Crippen LogP contribution in [0.25, 0.3) is 0 Å². The van der Waals surface area contributed by atoms with Gasteiger partial charge in [-0.3, -0.25) is 0 Å². The van der Waals surface area contributed by atoms with Gasteiger partial charge in [0.2, 0.25) is 0 Å². The average Bonchev–Trinajstić information content (AvgIpc) is 2.30. The molecule has 0 aliphatic carbocycles. The summed E-state index contributed by atoms with van der Waals surface area (Å²) in [6, 6.07) is 15.7. The molecule has 1 atom stereocenters. The highest BCUT2D eigenvalue weighted by atomic mass is 19.1. The zero-order valence-electron chi connectivity index (χ0n) is 8.23. The van der Waals surface area contributed by atoms with Crippen molar-refractivity contribution in [1.82, 2.24) is 0 Å². The third kappa shape index (κ3) is 2.05. The van der Waals surface area contributed by atoms with Crippen LogP contribution in [-0.2, 0) is 0 Å². The number of benzene rings is 2. The lowest BCUT2D eigenvalue weighted by Gasteiger charge is -2.12. The Kier molecular flexibility index (Phi) is 2.79. The van der Waals surface area contributed by atoms with Crippen molar-refractivity contribution in [2.24, 2.45) is 5.73 Å². The van der Waals surface area contributed by atoms with Gasteiger partial charge in [0.25, 0.3) is 0 Å². The van der Waals surface area contributed by atoms with Crippen molar-refractivity contribution in [2.75, 3.05) is 0 Å². The predicted molar refractivity (Wildman–Crippen MR) is 58.9 cm³/mol. The Labute approximate surface area is 88.4 Å². The first-order valence-corrected chi connectivity index (χ1v) is 4.84. The first kappa shape index (κ1) is 9.87. The summed E-state index contributed by atoms with van der Waals surface area (Å²) in [5, 5.41) is 0. The third-order valence-corrected chi connectivity index (χ3v) is 2.40. The third-order valence-electron chi connectivity index (χ3n) is 2.40. The normalized spacial score (nSPS) is 12.4. The molecule has 15 heavy (non-hydrogen) atoms. The second-order valence-electron chi connectivity index (χ2n) is 3.41. The topological polar surface area (TPSA) is 26.0 Å². The number of rotatable bonds is 2. The van der Waals surface area contributed by atoms with Crippen LogP contribution in [0.4, 0.5) is 4.39 Å². The molecule has 0 saturated heterocycles. The molecule has 0 aliphatic heterocycles.